The first-order chi connectivity index (χ1) is 23.4. The Balaban J connectivity index is 1.20. The van der Waals surface area contributed by atoms with Gasteiger partial charge in [-0.15, -0.1) is 0 Å². The van der Waals surface area contributed by atoms with E-state index in [9.17, 15) is 24.8 Å². The van der Waals surface area contributed by atoms with Crippen molar-refractivity contribution in [2.24, 2.45) is 17.8 Å². The van der Waals surface area contributed by atoms with Gasteiger partial charge in [-0.05, 0) is 77.4 Å². The monoisotopic (exact) mass is 642 g/mol. The number of allylic oxidation sites excluding steroid dienone is 1. The number of nitro groups is 1. The van der Waals surface area contributed by atoms with Crippen molar-refractivity contribution in [1.29, 1.82) is 0 Å². The molecule has 4 atom stereocenters. The Hall–Kier alpha value is -5.54. The Morgan fingerprint density at radius 3 is 2.38 bits per heavy atom. The number of carbonyl (C=O) groups is 2. The summed E-state index contributed by atoms with van der Waals surface area (Å²) < 4.78 is 12.7. The second-order valence-electron chi connectivity index (χ2n) is 12.4. The molecule has 4 aromatic carbocycles. The molecule has 3 aliphatic rings. The molecule has 4 aromatic rings. The Labute approximate surface area is 277 Å². The van der Waals surface area contributed by atoms with Gasteiger partial charge in [-0.25, -0.2) is 4.90 Å². The molecule has 2 fully saturated rings. The van der Waals surface area contributed by atoms with Gasteiger partial charge in [-0.1, -0.05) is 72.8 Å². The van der Waals surface area contributed by atoms with Crippen molar-refractivity contribution in [3.63, 3.8) is 0 Å². The first-order valence-electron chi connectivity index (χ1n) is 16.1. The van der Waals surface area contributed by atoms with Gasteiger partial charge < -0.3 is 14.6 Å². The zero-order valence-corrected chi connectivity index (χ0v) is 26.1. The average Bonchev–Trinajstić information content (AvgIpc) is 3.65. The van der Waals surface area contributed by atoms with Gasteiger partial charge >= 0.3 is 0 Å². The van der Waals surface area contributed by atoms with E-state index in [0.29, 0.717) is 31.6 Å². The van der Waals surface area contributed by atoms with Crippen LogP contribution < -0.4 is 9.64 Å². The Kier molecular flexibility index (Phi) is 8.61. The lowest BCUT2D eigenvalue weighted by Gasteiger charge is -2.31. The summed E-state index contributed by atoms with van der Waals surface area (Å²) in [6.07, 6.45) is 3.50. The molecule has 2 aliphatic heterocycles. The van der Waals surface area contributed by atoms with Crippen LogP contribution in [0.4, 0.5) is 11.4 Å². The third kappa shape index (κ3) is 6.12. The van der Waals surface area contributed by atoms with E-state index in [1.807, 2.05) is 60.7 Å². The highest BCUT2D eigenvalue weighted by Crippen LogP contribution is 2.51. The third-order valence-corrected chi connectivity index (χ3v) is 9.52. The van der Waals surface area contributed by atoms with Crippen LogP contribution >= 0.6 is 0 Å². The number of non-ortho nitro benzene ring substituents is 1. The molecule has 2 heterocycles. The summed E-state index contributed by atoms with van der Waals surface area (Å²) in [5, 5.41) is 21.3. The van der Waals surface area contributed by atoms with E-state index >= 15 is 0 Å². The zero-order valence-electron chi connectivity index (χ0n) is 26.1. The number of rotatable bonds is 10. The molecule has 2 amide bonds. The molecule has 1 N–H and O–H groups in total. The number of benzene rings is 4. The van der Waals surface area contributed by atoms with Crippen molar-refractivity contribution in [3.8, 4) is 11.5 Å². The summed E-state index contributed by atoms with van der Waals surface area (Å²) in [6.45, 7) is 0.548. The van der Waals surface area contributed by atoms with Crippen molar-refractivity contribution < 1.29 is 29.1 Å². The fraction of sp³-hybridized carbons (Fsp3) is 0.231. The summed E-state index contributed by atoms with van der Waals surface area (Å²) in [6, 6.07) is 32.3. The first-order valence-corrected chi connectivity index (χ1v) is 16.1. The summed E-state index contributed by atoms with van der Waals surface area (Å²) in [7, 11) is 0. The number of imide groups is 1. The van der Waals surface area contributed by atoms with Crippen molar-refractivity contribution in [1.82, 2.24) is 0 Å². The van der Waals surface area contributed by atoms with E-state index in [1.54, 1.807) is 18.2 Å². The van der Waals surface area contributed by atoms with Gasteiger partial charge in [-0.2, -0.15) is 0 Å². The molecule has 48 heavy (non-hydrogen) atoms. The molecule has 0 bridgehead atoms. The molecule has 0 spiro atoms. The molecule has 0 unspecified atom stereocenters. The maximum absolute atomic E-state index is 14.0. The fourth-order valence-corrected chi connectivity index (χ4v) is 7.30. The van der Waals surface area contributed by atoms with E-state index < -0.39 is 16.8 Å². The standard InChI is InChI=1S/C39H34N2O7/c42-31-17-14-25(15-18-31)20-27(26-8-3-1-4-9-26)16-19-35-36-28(23-47-32-12-5-2-6-13-32)21-33-37(34(36)24-48-35)39(44)40(38(33)43)29-10-7-11-30(22-29)41(45)46/h1-15,17-18,20,22,33-35,37,42H,16,19,21,23-24H2/b27-20-/t33-,34+,35-,37-/m1/s1. The summed E-state index contributed by atoms with van der Waals surface area (Å²) in [5.74, 6) is -1.35. The number of anilines is 1. The normalized spacial score (nSPS) is 22.1. The molecule has 0 aromatic heterocycles. The smallest absolute Gasteiger partial charge is 0.271 e. The minimum absolute atomic E-state index is 0.183. The van der Waals surface area contributed by atoms with Crippen LogP contribution in [-0.4, -0.2) is 41.2 Å². The second kappa shape index (κ2) is 13.3. The van der Waals surface area contributed by atoms with E-state index in [4.69, 9.17) is 9.47 Å². The van der Waals surface area contributed by atoms with Gasteiger partial charge in [-0.3, -0.25) is 19.7 Å². The van der Waals surface area contributed by atoms with Gasteiger partial charge in [0.2, 0.25) is 11.8 Å². The predicted octanol–water partition coefficient (Wildman–Crippen LogP) is 7.22. The number of carbonyl (C=O) groups excluding carboxylic acids is 2. The number of nitrogens with zero attached hydrogens (tertiary/aromatic N) is 2. The van der Waals surface area contributed by atoms with E-state index in [2.05, 4.69) is 18.2 Å². The minimum atomic E-state index is -0.627. The molecule has 1 aliphatic carbocycles. The van der Waals surface area contributed by atoms with Crippen LogP contribution in [0.3, 0.4) is 0 Å². The number of hydrogen-bond donors (Lipinski definition) is 1. The summed E-state index contributed by atoms with van der Waals surface area (Å²) in [4.78, 5) is 40.0. The van der Waals surface area contributed by atoms with Gasteiger partial charge in [0.1, 0.15) is 18.1 Å². The van der Waals surface area contributed by atoms with E-state index in [1.165, 1.54) is 18.2 Å². The molecular weight excluding hydrogens is 608 g/mol. The lowest BCUT2D eigenvalue weighted by molar-refractivity contribution is -0.384. The van der Waals surface area contributed by atoms with Crippen molar-refractivity contribution in [2.75, 3.05) is 18.1 Å². The van der Waals surface area contributed by atoms with Crippen LogP contribution in [0.25, 0.3) is 11.6 Å². The van der Waals surface area contributed by atoms with Gasteiger partial charge in [0.25, 0.3) is 5.69 Å². The fourth-order valence-electron chi connectivity index (χ4n) is 7.30. The maximum atomic E-state index is 14.0. The molecule has 0 saturated carbocycles. The predicted molar refractivity (Wildman–Crippen MR) is 181 cm³/mol. The van der Waals surface area contributed by atoms with E-state index in [0.717, 1.165) is 32.7 Å². The molecule has 2 saturated heterocycles. The topological polar surface area (TPSA) is 119 Å². The van der Waals surface area contributed by atoms with Crippen molar-refractivity contribution >= 4 is 34.8 Å². The Bertz CT molecular complexity index is 1900. The van der Waals surface area contributed by atoms with Crippen LogP contribution in [-0.2, 0) is 14.3 Å². The minimum Gasteiger partial charge on any atom is -0.508 e. The Morgan fingerprint density at radius 1 is 0.917 bits per heavy atom. The molecule has 242 valence electrons. The number of phenolic OH excluding ortho intramolecular Hbond substituents is 1. The largest absolute Gasteiger partial charge is 0.508 e. The molecule has 9 heteroatoms. The van der Waals surface area contributed by atoms with Gasteiger partial charge in [0.05, 0.1) is 35.2 Å². The van der Waals surface area contributed by atoms with Crippen LogP contribution in [0.15, 0.2) is 120 Å². The highest BCUT2D eigenvalue weighted by Gasteiger charge is 2.57. The quantitative estimate of drug-likeness (QED) is 0.0638. The lowest BCUT2D eigenvalue weighted by Crippen LogP contribution is -2.35. The average molecular weight is 643 g/mol. The van der Waals surface area contributed by atoms with Crippen LogP contribution in [0.2, 0.25) is 0 Å². The number of fused-ring (bicyclic) bond motifs is 3. The zero-order chi connectivity index (χ0) is 33.2. The summed E-state index contributed by atoms with van der Waals surface area (Å²) in [5.41, 5.74) is 5.15. The van der Waals surface area contributed by atoms with Gasteiger partial charge in [0, 0.05) is 18.1 Å². The number of phenols is 1. The van der Waals surface area contributed by atoms with E-state index in [-0.39, 0.29) is 47.6 Å². The maximum Gasteiger partial charge on any atom is 0.271 e. The molecule has 0 radical (unpaired) electrons. The van der Waals surface area contributed by atoms with Crippen LogP contribution in [0, 0.1) is 27.9 Å². The number of hydrogen-bond acceptors (Lipinski definition) is 7. The SMILES string of the molecule is O=C1[C@@H]2[C@@H](CC(COc3ccccc3)=C3[C@@H](CC/C(=C/c4ccc(O)cc4)c4ccccc4)OC[C@@H]32)C(=O)N1c1cccc([N+](=O)[O-])c1. The number of ether oxygens (including phenoxy) is 2. The van der Waals surface area contributed by atoms with Crippen molar-refractivity contribution in [2.45, 2.75) is 25.4 Å². The van der Waals surface area contributed by atoms with Crippen LogP contribution in [0.1, 0.15) is 30.4 Å². The summed E-state index contributed by atoms with van der Waals surface area (Å²) >= 11 is 0. The first kappa shape index (κ1) is 31.1. The van der Waals surface area contributed by atoms with Crippen LogP contribution in [0.5, 0.6) is 11.5 Å². The third-order valence-electron chi connectivity index (χ3n) is 9.52. The van der Waals surface area contributed by atoms with Gasteiger partial charge in [0.15, 0.2) is 0 Å². The molecule has 9 nitrogen and oxygen atoms in total. The Morgan fingerprint density at radius 2 is 1.65 bits per heavy atom. The lowest BCUT2D eigenvalue weighted by atomic mass is 9.69. The molecular formula is C39H34N2O7. The number of amides is 2. The number of para-hydroxylation sites is 1. The molecule has 7 rings (SSSR count). The van der Waals surface area contributed by atoms with Crippen molar-refractivity contribution in [3.05, 3.63) is 142 Å². The highest BCUT2D eigenvalue weighted by atomic mass is 16.6. The number of aromatic hydroxyl groups is 1. The second-order valence-corrected chi connectivity index (χ2v) is 12.4. The highest BCUT2D eigenvalue weighted by molar-refractivity contribution is 6.22. The number of nitro benzene ring substituents is 1.